The standard InChI is InChI=1S/C20H28ClN5O3S/c1-6-7-26(22-12-13(2)3)15(5)23-20(28)24-18-14(4)16(21)17(30-18)19(27)25-8-10-29-11-9-25/h6,12-13H,1,5,7-11H2,2-4H3,(H2,23,24,28)/b22-12+. The van der Waals surface area contributed by atoms with Crippen LogP contribution in [0.15, 0.2) is 30.2 Å². The molecular weight excluding hydrogens is 426 g/mol. The van der Waals surface area contributed by atoms with Crippen molar-refractivity contribution in [1.82, 2.24) is 15.2 Å². The fourth-order valence-electron chi connectivity index (χ4n) is 2.55. The zero-order valence-corrected chi connectivity index (χ0v) is 19.1. The summed E-state index contributed by atoms with van der Waals surface area (Å²) in [7, 11) is 0. The third-order valence-electron chi connectivity index (χ3n) is 4.17. The highest BCUT2D eigenvalue weighted by Crippen LogP contribution is 2.37. The smallest absolute Gasteiger partial charge is 0.325 e. The fraction of sp³-hybridized carbons (Fsp3) is 0.450. The first-order valence-corrected chi connectivity index (χ1v) is 10.8. The topological polar surface area (TPSA) is 86.3 Å². The predicted octanol–water partition coefficient (Wildman–Crippen LogP) is 3.90. The first-order valence-electron chi connectivity index (χ1n) is 9.60. The van der Waals surface area contributed by atoms with Gasteiger partial charge in [-0.1, -0.05) is 38.1 Å². The number of hydrazone groups is 1. The van der Waals surface area contributed by atoms with Gasteiger partial charge in [0.2, 0.25) is 0 Å². The summed E-state index contributed by atoms with van der Waals surface area (Å²) >= 11 is 7.53. The molecule has 2 N–H and O–H groups in total. The third-order valence-corrected chi connectivity index (χ3v) is 5.95. The lowest BCUT2D eigenvalue weighted by Crippen LogP contribution is -2.40. The van der Waals surface area contributed by atoms with E-state index < -0.39 is 6.03 Å². The Morgan fingerprint density at radius 1 is 1.40 bits per heavy atom. The summed E-state index contributed by atoms with van der Waals surface area (Å²) in [5, 5.41) is 12.1. The summed E-state index contributed by atoms with van der Waals surface area (Å²) in [4.78, 5) is 27.3. The first kappa shape index (κ1) is 23.9. The van der Waals surface area contributed by atoms with Gasteiger partial charge < -0.3 is 9.64 Å². The molecule has 10 heteroatoms. The number of amides is 3. The number of anilines is 1. The second-order valence-electron chi connectivity index (χ2n) is 7.01. The maximum atomic E-state index is 12.8. The van der Waals surface area contributed by atoms with Gasteiger partial charge in [0.15, 0.2) is 0 Å². The van der Waals surface area contributed by atoms with Gasteiger partial charge in [-0.25, -0.2) is 9.80 Å². The minimum atomic E-state index is -0.500. The van der Waals surface area contributed by atoms with Crippen molar-refractivity contribution in [3.8, 4) is 0 Å². The van der Waals surface area contributed by atoms with Crippen molar-refractivity contribution >= 4 is 46.1 Å². The van der Waals surface area contributed by atoms with Crippen molar-refractivity contribution < 1.29 is 14.3 Å². The first-order chi connectivity index (χ1) is 14.2. The van der Waals surface area contributed by atoms with Gasteiger partial charge in [-0.05, 0) is 12.8 Å². The van der Waals surface area contributed by atoms with Crippen LogP contribution in [0, 0.1) is 12.8 Å². The van der Waals surface area contributed by atoms with E-state index in [9.17, 15) is 9.59 Å². The van der Waals surface area contributed by atoms with Gasteiger partial charge in [-0.2, -0.15) is 5.10 Å². The number of ether oxygens (including phenoxy) is 1. The Labute approximate surface area is 186 Å². The van der Waals surface area contributed by atoms with Crippen LogP contribution < -0.4 is 10.6 Å². The van der Waals surface area contributed by atoms with Crippen molar-refractivity contribution in [2.24, 2.45) is 11.0 Å². The molecule has 1 aromatic rings. The van der Waals surface area contributed by atoms with Crippen LogP contribution in [-0.2, 0) is 4.74 Å². The van der Waals surface area contributed by atoms with E-state index in [0.29, 0.717) is 59.1 Å². The fourth-order valence-corrected chi connectivity index (χ4v) is 3.96. The Kier molecular flexibility index (Phi) is 8.88. The molecule has 0 aliphatic carbocycles. The summed E-state index contributed by atoms with van der Waals surface area (Å²) in [6.07, 6.45) is 3.41. The minimum Gasteiger partial charge on any atom is -0.378 e. The second kappa shape index (κ2) is 11.1. The number of urea groups is 1. The van der Waals surface area contributed by atoms with Gasteiger partial charge in [0.05, 0.1) is 24.8 Å². The summed E-state index contributed by atoms with van der Waals surface area (Å²) in [6.45, 7) is 15.8. The normalized spacial score (nSPS) is 14.1. The Morgan fingerprint density at radius 3 is 2.67 bits per heavy atom. The molecule has 164 valence electrons. The molecule has 1 fully saturated rings. The molecule has 0 spiro atoms. The van der Waals surface area contributed by atoms with Gasteiger partial charge in [0.1, 0.15) is 15.7 Å². The van der Waals surface area contributed by atoms with Crippen molar-refractivity contribution in [1.29, 1.82) is 0 Å². The SMILES string of the molecule is C=CCN(/N=C/C(C)C)C(=C)NC(=O)Nc1sc(C(=O)N2CCOCC2)c(Cl)c1C. The Balaban J connectivity index is 2.06. The van der Waals surface area contributed by atoms with E-state index in [1.54, 1.807) is 24.1 Å². The quantitative estimate of drug-likeness (QED) is 0.355. The van der Waals surface area contributed by atoms with Crippen LogP contribution in [0.5, 0.6) is 0 Å². The average Bonchev–Trinajstić information content (AvgIpc) is 2.99. The van der Waals surface area contributed by atoms with Crippen LogP contribution in [0.2, 0.25) is 5.02 Å². The van der Waals surface area contributed by atoms with E-state index in [-0.39, 0.29) is 11.8 Å². The summed E-state index contributed by atoms with van der Waals surface area (Å²) in [5.41, 5.74) is 0.639. The Bertz CT molecular complexity index is 831. The molecule has 0 bridgehead atoms. The molecule has 2 rings (SSSR count). The number of nitrogens with zero attached hydrogens (tertiary/aromatic N) is 3. The van der Waals surface area contributed by atoms with Crippen LogP contribution in [0.1, 0.15) is 29.1 Å². The molecule has 0 unspecified atom stereocenters. The van der Waals surface area contributed by atoms with Crippen LogP contribution in [0.4, 0.5) is 9.80 Å². The van der Waals surface area contributed by atoms with Crippen LogP contribution >= 0.6 is 22.9 Å². The lowest BCUT2D eigenvalue weighted by Gasteiger charge is -2.26. The number of morpholine rings is 1. The molecular formula is C20H28ClN5O3S. The molecule has 2 heterocycles. The molecule has 1 aromatic heterocycles. The van der Waals surface area contributed by atoms with E-state index in [4.69, 9.17) is 16.3 Å². The van der Waals surface area contributed by atoms with Crippen molar-refractivity contribution in [3.63, 3.8) is 0 Å². The van der Waals surface area contributed by atoms with Gasteiger partial charge >= 0.3 is 6.03 Å². The highest BCUT2D eigenvalue weighted by molar-refractivity contribution is 7.19. The molecule has 0 radical (unpaired) electrons. The highest BCUT2D eigenvalue weighted by atomic mass is 35.5. The zero-order valence-electron chi connectivity index (χ0n) is 17.5. The van der Waals surface area contributed by atoms with Gasteiger partial charge in [-0.15, -0.1) is 17.9 Å². The summed E-state index contributed by atoms with van der Waals surface area (Å²) in [5.74, 6) is 0.390. The lowest BCUT2D eigenvalue weighted by atomic mass is 10.3. The van der Waals surface area contributed by atoms with E-state index in [1.165, 1.54) is 5.01 Å². The van der Waals surface area contributed by atoms with E-state index in [1.807, 2.05) is 13.8 Å². The number of rotatable bonds is 8. The monoisotopic (exact) mass is 453 g/mol. The van der Waals surface area contributed by atoms with E-state index in [0.717, 1.165) is 11.3 Å². The average molecular weight is 454 g/mol. The molecule has 0 saturated carbocycles. The predicted molar refractivity (Wildman–Crippen MR) is 122 cm³/mol. The van der Waals surface area contributed by atoms with Crippen molar-refractivity contribution in [2.45, 2.75) is 20.8 Å². The lowest BCUT2D eigenvalue weighted by molar-refractivity contribution is 0.0306. The third kappa shape index (κ3) is 6.32. The molecule has 8 nitrogen and oxygen atoms in total. The largest absolute Gasteiger partial charge is 0.378 e. The maximum Gasteiger partial charge on any atom is 0.325 e. The van der Waals surface area contributed by atoms with Gasteiger partial charge in [-0.3, -0.25) is 15.4 Å². The zero-order chi connectivity index (χ0) is 22.3. The van der Waals surface area contributed by atoms with Crippen molar-refractivity contribution in [3.05, 3.63) is 40.5 Å². The second-order valence-corrected chi connectivity index (χ2v) is 8.41. The number of carbonyl (C=O) groups excluding carboxylic acids is 2. The summed E-state index contributed by atoms with van der Waals surface area (Å²) < 4.78 is 5.28. The molecule has 1 aliphatic rings. The molecule has 1 aliphatic heterocycles. The number of hydrogen-bond acceptors (Lipinski definition) is 6. The van der Waals surface area contributed by atoms with E-state index in [2.05, 4.69) is 28.9 Å². The van der Waals surface area contributed by atoms with Crippen LogP contribution in [0.25, 0.3) is 0 Å². The minimum absolute atomic E-state index is 0.158. The maximum absolute atomic E-state index is 12.8. The Hall–Kier alpha value is -2.36. The number of nitrogens with one attached hydrogen (secondary N) is 2. The molecule has 0 aromatic carbocycles. The van der Waals surface area contributed by atoms with Crippen molar-refractivity contribution in [2.75, 3.05) is 38.2 Å². The van der Waals surface area contributed by atoms with Gasteiger partial charge in [0.25, 0.3) is 5.91 Å². The number of halogens is 1. The van der Waals surface area contributed by atoms with E-state index >= 15 is 0 Å². The number of carbonyl (C=O) groups is 2. The van der Waals surface area contributed by atoms with Crippen LogP contribution in [-0.4, -0.2) is 60.9 Å². The number of hydrogen-bond donors (Lipinski definition) is 2. The van der Waals surface area contributed by atoms with Crippen LogP contribution in [0.3, 0.4) is 0 Å². The molecule has 1 saturated heterocycles. The molecule has 0 atom stereocenters. The highest BCUT2D eigenvalue weighted by Gasteiger charge is 2.26. The Morgan fingerprint density at radius 2 is 2.07 bits per heavy atom. The molecule has 3 amide bonds. The number of thiophene rings is 1. The van der Waals surface area contributed by atoms with Gasteiger partial charge in [0, 0.05) is 24.9 Å². The summed E-state index contributed by atoms with van der Waals surface area (Å²) in [6, 6.07) is -0.500. The molecule has 30 heavy (non-hydrogen) atoms.